The van der Waals surface area contributed by atoms with Gasteiger partial charge in [-0.15, -0.1) is 0 Å². The fraction of sp³-hybridized carbons (Fsp3) is 1.00. The number of nitrogens with zero attached hydrogens (tertiary/aromatic N) is 1. The normalized spacial score (nSPS) is 16.3. The minimum Gasteiger partial charge on any atom is -0.314 e. The van der Waals surface area contributed by atoms with E-state index in [1.54, 1.807) is 0 Å². The Morgan fingerprint density at radius 3 is 2.32 bits per heavy atom. The molecule has 2 nitrogen and oxygen atoms in total. The largest absolute Gasteiger partial charge is 0.401 e. The summed E-state index contributed by atoms with van der Waals surface area (Å²) in [7, 11) is 0. The molecule has 19 heavy (non-hydrogen) atoms. The molecular formula is C14H27F3N2. The molecular weight excluding hydrogens is 253 g/mol. The van der Waals surface area contributed by atoms with E-state index in [0.717, 1.165) is 44.7 Å². The van der Waals surface area contributed by atoms with Gasteiger partial charge in [-0.25, -0.2) is 0 Å². The first-order chi connectivity index (χ1) is 9.01. The zero-order valence-electron chi connectivity index (χ0n) is 11.9. The van der Waals surface area contributed by atoms with Crippen molar-refractivity contribution in [2.45, 2.75) is 64.1 Å². The molecule has 1 saturated carbocycles. The molecule has 0 aromatic heterocycles. The Morgan fingerprint density at radius 1 is 1.05 bits per heavy atom. The molecule has 0 aromatic carbocycles. The van der Waals surface area contributed by atoms with Crippen LogP contribution in [0.3, 0.4) is 0 Å². The second-order valence-electron chi connectivity index (χ2n) is 5.53. The first-order valence-corrected chi connectivity index (χ1v) is 7.54. The minimum absolute atomic E-state index is 0.544. The number of nitrogens with one attached hydrogen (secondary N) is 1. The van der Waals surface area contributed by atoms with E-state index in [1.165, 1.54) is 17.7 Å². The molecule has 0 spiro atoms. The highest BCUT2D eigenvalue weighted by Gasteiger charge is 2.29. The summed E-state index contributed by atoms with van der Waals surface area (Å²) < 4.78 is 37.0. The third kappa shape index (κ3) is 10.2. The maximum Gasteiger partial charge on any atom is 0.401 e. The third-order valence-corrected chi connectivity index (χ3v) is 3.35. The molecule has 1 aliphatic carbocycles. The van der Waals surface area contributed by atoms with Gasteiger partial charge in [0.05, 0.1) is 6.54 Å². The van der Waals surface area contributed by atoms with Crippen LogP contribution in [-0.2, 0) is 0 Å². The van der Waals surface area contributed by atoms with Gasteiger partial charge in [0, 0.05) is 6.04 Å². The van der Waals surface area contributed by atoms with Crippen LogP contribution in [0, 0.1) is 0 Å². The summed E-state index contributed by atoms with van der Waals surface area (Å²) in [6.07, 6.45) is 3.50. The SMILES string of the molecule is CCCN(CCCCCCNC1CC1)CC(F)(F)F. The summed E-state index contributed by atoms with van der Waals surface area (Å²) in [5.41, 5.74) is 0. The van der Waals surface area contributed by atoms with Gasteiger partial charge < -0.3 is 5.32 Å². The van der Waals surface area contributed by atoms with Crippen LogP contribution in [0.5, 0.6) is 0 Å². The number of alkyl halides is 3. The van der Waals surface area contributed by atoms with E-state index in [0.29, 0.717) is 13.1 Å². The predicted octanol–water partition coefficient (Wildman–Crippen LogP) is 3.57. The van der Waals surface area contributed by atoms with E-state index in [1.807, 2.05) is 6.92 Å². The first-order valence-electron chi connectivity index (χ1n) is 7.54. The lowest BCUT2D eigenvalue weighted by molar-refractivity contribution is -0.146. The molecule has 0 heterocycles. The summed E-state index contributed by atoms with van der Waals surface area (Å²) in [5, 5.41) is 3.45. The molecule has 114 valence electrons. The molecule has 0 saturated heterocycles. The van der Waals surface area contributed by atoms with Gasteiger partial charge in [-0.2, -0.15) is 13.2 Å². The number of hydrogen-bond acceptors (Lipinski definition) is 2. The van der Waals surface area contributed by atoms with Gasteiger partial charge in [-0.1, -0.05) is 19.8 Å². The van der Waals surface area contributed by atoms with Gasteiger partial charge >= 0.3 is 6.18 Å². The fourth-order valence-electron chi connectivity index (χ4n) is 2.25. The molecule has 0 atom stereocenters. The molecule has 0 unspecified atom stereocenters. The molecule has 1 N–H and O–H groups in total. The summed E-state index contributed by atoms with van der Waals surface area (Å²) in [6, 6.07) is 0.756. The molecule has 1 rings (SSSR count). The van der Waals surface area contributed by atoms with Crippen molar-refractivity contribution in [3.8, 4) is 0 Å². The highest BCUT2D eigenvalue weighted by Crippen LogP contribution is 2.19. The Hall–Kier alpha value is -0.290. The zero-order chi connectivity index (χ0) is 14.1. The number of hydrogen-bond donors (Lipinski definition) is 1. The van der Waals surface area contributed by atoms with E-state index in [9.17, 15) is 13.2 Å². The van der Waals surface area contributed by atoms with E-state index in [-0.39, 0.29) is 0 Å². The second-order valence-corrected chi connectivity index (χ2v) is 5.53. The Bertz CT molecular complexity index is 227. The molecule has 0 radical (unpaired) electrons. The van der Waals surface area contributed by atoms with Crippen molar-refractivity contribution < 1.29 is 13.2 Å². The Labute approximate surface area is 114 Å². The van der Waals surface area contributed by atoms with Crippen molar-refractivity contribution in [1.82, 2.24) is 10.2 Å². The summed E-state index contributed by atoms with van der Waals surface area (Å²) in [4.78, 5) is 1.53. The molecule has 1 aliphatic rings. The standard InChI is InChI=1S/C14H27F3N2/c1-2-10-19(12-14(15,16)17)11-6-4-3-5-9-18-13-7-8-13/h13,18H,2-12H2,1H3. The number of halogens is 3. The zero-order valence-corrected chi connectivity index (χ0v) is 11.9. The fourth-order valence-corrected chi connectivity index (χ4v) is 2.25. The molecule has 0 amide bonds. The van der Waals surface area contributed by atoms with Gasteiger partial charge in [0.15, 0.2) is 0 Å². The maximum atomic E-state index is 12.3. The van der Waals surface area contributed by atoms with Crippen molar-refractivity contribution in [3.05, 3.63) is 0 Å². The van der Waals surface area contributed by atoms with Crippen LogP contribution in [0.15, 0.2) is 0 Å². The van der Waals surface area contributed by atoms with E-state index >= 15 is 0 Å². The quantitative estimate of drug-likeness (QED) is 0.582. The average Bonchev–Trinajstić information content (AvgIpc) is 3.10. The first kappa shape index (κ1) is 16.8. The molecule has 1 fully saturated rings. The van der Waals surface area contributed by atoms with E-state index in [2.05, 4.69) is 5.32 Å². The van der Waals surface area contributed by atoms with Crippen LogP contribution in [0.4, 0.5) is 13.2 Å². The van der Waals surface area contributed by atoms with Crippen LogP contribution in [-0.4, -0.2) is 43.3 Å². The predicted molar refractivity (Wildman–Crippen MR) is 72.3 cm³/mol. The Kier molecular flexibility index (Phi) is 7.76. The van der Waals surface area contributed by atoms with Crippen molar-refractivity contribution in [2.24, 2.45) is 0 Å². The lowest BCUT2D eigenvalue weighted by atomic mass is 10.2. The van der Waals surface area contributed by atoms with Gasteiger partial charge in [0.1, 0.15) is 0 Å². The summed E-state index contributed by atoms with van der Waals surface area (Å²) in [5.74, 6) is 0. The Morgan fingerprint density at radius 2 is 1.74 bits per heavy atom. The van der Waals surface area contributed by atoms with E-state index in [4.69, 9.17) is 0 Å². The van der Waals surface area contributed by atoms with Crippen LogP contribution in [0.1, 0.15) is 51.9 Å². The molecule has 0 aliphatic heterocycles. The highest BCUT2D eigenvalue weighted by atomic mass is 19.4. The van der Waals surface area contributed by atoms with Gasteiger partial charge in [-0.3, -0.25) is 4.90 Å². The average molecular weight is 280 g/mol. The topological polar surface area (TPSA) is 15.3 Å². The van der Waals surface area contributed by atoms with Crippen LogP contribution < -0.4 is 5.32 Å². The lowest BCUT2D eigenvalue weighted by Crippen LogP contribution is -2.35. The molecule has 0 aromatic rings. The summed E-state index contributed by atoms with van der Waals surface area (Å²) in [6.45, 7) is 3.34. The van der Waals surface area contributed by atoms with Gasteiger partial charge in [-0.05, 0) is 51.7 Å². The Balaban J connectivity index is 1.96. The van der Waals surface area contributed by atoms with Crippen molar-refractivity contribution >= 4 is 0 Å². The maximum absolute atomic E-state index is 12.3. The van der Waals surface area contributed by atoms with Crippen LogP contribution in [0.25, 0.3) is 0 Å². The number of rotatable bonds is 11. The molecule has 5 heteroatoms. The summed E-state index contributed by atoms with van der Waals surface area (Å²) >= 11 is 0. The van der Waals surface area contributed by atoms with Crippen molar-refractivity contribution in [1.29, 1.82) is 0 Å². The minimum atomic E-state index is -4.07. The van der Waals surface area contributed by atoms with E-state index < -0.39 is 12.7 Å². The lowest BCUT2D eigenvalue weighted by Gasteiger charge is -2.22. The third-order valence-electron chi connectivity index (χ3n) is 3.35. The van der Waals surface area contributed by atoms with Crippen LogP contribution in [0.2, 0.25) is 0 Å². The monoisotopic (exact) mass is 280 g/mol. The van der Waals surface area contributed by atoms with Crippen molar-refractivity contribution in [3.63, 3.8) is 0 Å². The van der Waals surface area contributed by atoms with Gasteiger partial charge in [0.2, 0.25) is 0 Å². The highest BCUT2D eigenvalue weighted by molar-refractivity contribution is 4.80. The smallest absolute Gasteiger partial charge is 0.314 e. The second kappa shape index (κ2) is 8.80. The van der Waals surface area contributed by atoms with Crippen LogP contribution >= 0.6 is 0 Å². The van der Waals surface area contributed by atoms with Crippen molar-refractivity contribution in [2.75, 3.05) is 26.2 Å². The molecule has 0 bridgehead atoms. The van der Waals surface area contributed by atoms with Gasteiger partial charge in [0.25, 0.3) is 0 Å². The number of unbranched alkanes of at least 4 members (excludes halogenated alkanes) is 3.